The van der Waals surface area contributed by atoms with Gasteiger partial charge in [-0.2, -0.15) is 0 Å². The monoisotopic (exact) mass is 262 g/mol. The van der Waals surface area contributed by atoms with Crippen LogP contribution in [0.4, 0.5) is 0 Å². The lowest BCUT2D eigenvalue weighted by Crippen LogP contribution is -2.68. The van der Waals surface area contributed by atoms with Crippen molar-refractivity contribution < 1.29 is 28.5 Å². The number of rotatable bonds is 4. The molecule has 0 aromatic carbocycles. The SMILES string of the molecule is CC[C@@]1(C(=O)OC)CO[C@@](C)(OC)[C@](C)(OC)O1. The van der Waals surface area contributed by atoms with E-state index in [4.69, 9.17) is 23.7 Å². The summed E-state index contributed by atoms with van der Waals surface area (Å²) < 4.78 is 27.0. The summed E-state index contributed by atoms with van der Waals surface area (Å²) in [6.45, 7) is 5.25. The first-order valence-corrected chi connectivity index (χ1v) is 5.86. The molecule has 0 radical (unpaired) electrons. The fourth-order valence-corrected chi connectivity index (χ4v) is 1.96. The summed E-state index contributed by atoms with van der Waals surface area (Å²) in [7, 11) is 4.29. The maximum atomic E-state index is 11.9. The van der Waals surface area contributed by atoms with Gasteiger partial charge in [-0.05, 0) is 20.3 Å². The lowest BCUT2D eigenvalue weighted by atomic mass is 9.96. The second kappa shape index (κ2) is 5.13. The van der Waals surface area contributed by atoms with Crippen LogP contribution in [0.15, 0.2) is 0 Å². The molecule has 0 saturated carbocycles. The van der Waals surface area contributed by atoms with Crippen LogP contribution in [0.1, 0.15) is 27.2 Å². The summed E-state index contributed by atoms with van der Waals surface area (Å²) >= 11 is 0. The zero-order valence-electron chi connectivity index (χ0n) is 11.9. The summed E-state index contributed by atoms with van der Waals surface area (Å²) in [5.74, 6) is -2.77. The van der Waals surface area contributed by atoms with Crippen LogP contribution in [0.2, 0.25) is 0 Å². The summed E-state index contributed by atoms with van der Waals surface area (Å²) in [6, 6.07) is 0. The van der Waals surface area contributed by atoms with Gasteiger partial charge in [0.15, 0.2) is 5.60 Å². The third-order valence-electron chi connectivity index (χ3n) is 3.70. The molecule has 6 heteroatoms. The molecule has 1 aliphatic heterocycles. The van der Waals surface area contributed by atoms with Crippen LogP contribution in [-0.4, -0.2) is 51.1 Å². The predicted molar refractivity (Wildman–Crippen MR) is 62.9 cm³/mol. The van der Waals surface area contributed by atoms with Gasteiger partial charge in [0.1, 0.15) is 0 Å². The lowest BCUT2D eigenvalue weighted by molar-refractivity contribution is -0.446. The van der Waals surface area contributed by atoms with Gasteiger partial charge in [-0.15, -0.1) is 0 Å². The molecule has 0 aromatic heterocycles. The molecule has 0 bridgehead atoms. The lowest BCUT2D eigenvalue weighted by Gasteiger charge is -2.52. The van der Waals surface area contributed by atoms with Gasteiger partial charge in [0.25, 0.3) is 0 Å². The molecule has 1 saturated heterocycles. The maximum absolute atomic E-state index is 11.9. The summed E-state index contributed by atoms with van der Waals surface area (Å²) in [5, 5.41) is 0. The standard InChI is InChI=1S/C12H22O6/c1-7-12(9(13)14-4)8-17-10(2,15-5)11(3,16-6)18-12/h7-8H2,1-6H3/t10-,11-,12+/m1/s1. The van der Waals surface area contributed by atoms with Crippen molar-refractivity contribution in [2.75, 3.05) is 27.9 Å². The molecule has 1 rings (SSSR count). The first-order chi connectivity index (χ1) is 8.33. The first kappa shape index (κ1) is 15.4. The quantitative estimate of drug-likeness (QED) is 0.706. The van der Waals surface area contributed by atoms with Gasteiger partial charge >= 0.3 is 5.97 Å². The van der Waals surface area contributed by atoms with Crippen molar-refractivity contribution in [1.29, 1.82) is 0 Å². The van der Waals surface area contributed by atoms with E-state index in [-0.39, 0.29) is 6.61 Å². The van der Waals surface area contributed by atoms with Crippen molar-refractivity contribution >= 4 is 5.97 Å². The van der Waals surface area contributed by atoms with Gasteiger partial charge in [-0.1, -0.05) is 6.92 Å². The molecule has 18 heavy (non-hydrogen) atoms. The second-order valence-electron chi connectivity index (χ2n) is 4.53. The van der Waals surface area contributed by atoms with Crippen molar-refractivity contribution in [1.82, 2.24) is 0 Å². The third kappa shape index (κ3) is 2.14. The summed E-state index contributed by atoms with van der Waals surface area (Å²) in [6.07, 6.45) is 0.415. The summed E-state index contributed by atoms with van der Waals surface area (Å²) in [4.78, 5) is 11.9. The Hall–Kier alpha value is -0.690. The minimum Gasteiger partial charge on any atom is -0.467 e. The highest BCUT2D eigenvalue weighted by molar-refractivity contribution is 5.79. The Morgan fingerprint density at radius 3 is 2.11 bits per heavy atom. The Kier molecular flexibility index (Phi) is 4.38. The van der Waals surface area contributed by atoms with Crippen LogP contribution in [0.5, 0.6) is 0 Å². The molecule has 0 N–H and O–H groups in total. The molecular weight excluding hydrogens is 240 g/mol. The fourth-order valence-electron chi connectivity index (χ4n) is 1.96. The Balaban J connectivity index is 3.10. The summed E-state index contributed by atoms with van der Waals surface area (Å²) in [5.41, 5.74) is -1.17. The fraction of sp³-hybridized carbons (Fsp3) is 0.917. The Bertz CT molecular complexity index is 320. The van der Waals surface area contributed by atoms with E-state index in [1.54, 1.807) is 13.8 Å². The van der Waals surface area contributed by atoms with Gasteiger partial charge in [0, 0.05) is 14.2 Å². The highest BCUT2D eigenvalue weighted by Gasteiger charge is 2.60. The van der Waals surface area contributed by atoms with E-state index in [2.05, 4.69) is 0 Å². The number of esters is 1. The second-order valence-corrected chi connectivity index (χ2v) is 4.53. The van der Waals surface area contributed by atoms with Gasteiger partial charge in [-0.25, -0.2) is 4.79 Å². The van der Waals surface area contributed by atoms with Crippen molar-refractivity contribution in [3.63, 3.8) is 0 Å². The van der Waals surface area contributed by atoms with E-state index in [1.807, 2.05) is 6.92 Å². The van der Waals surface area contributed by atoms with E-state index in [1.165, 1.54) is 21.3 Å². The molecule has 0 aliphatic carbocycles. The van der Waals surface area contributed by atoms with Gasteiger partial charge in [0.2, 0.25) is 11.6 Å². The van der Waals surface area contributed by atoms with Crippen LogP contribution >= 0.6 is 0 Å². The Labute approximate surface area is 107 Å². The average molecular weight is 262 g/mol. The first-order valence-electron chi connectivity index (χ1n) is 5.86. The topological polar surface area (TPSA) is 63.2 Å². The molecule has 6 nitrogen and oxygen atoms in total. The largest absolute Gasteiger partial charge is 0.467 e. The molecule has 0 aromatic rings. The normalized spacial score (nSPS) is 40.6. The van der Waals surface area contributed by atoms with Crippen molar-refractivity contribution in [3.05, 3.63) is 0 Å². The van der Waals surface area contributed by atoms with Crippen LogP contribution in [0, 0.1) is 0 Å². The Morgan fingerprint density at radius 1 is 1.17 bits per heavy atom. The number of ether oxygens (including phenoxy) is 5. The number of hydrogen-bond donors (Lipinski definition) is 0. The third-order valence-corrected chi connectivity index (χ3v) is 3.70. The van der Waals surface area contributed by atoms with E-state index in [0.29, 0.717) is 6.42 Å². The molecular formula is C12H22O6. The van der Waals surface area contributed by atoms with Crippen LogP contribution in [0.3, 0.4) is 0 Å². The van der Waals surface area contributed by atoms with E-state index in [9.17, 15) is 4.79 Å². The van der Waals surface area contributed by atoms with Crippen molar-refractivity contribution in [2.45, 2.75) is 44.4 Å². The van der Waals surface area contributed by atoms with E-state index >= 15 is 0 Å². The highest BCUT2D eigenvalue weighted by Crippen LogP contribution is 2.41. The zero-order valence-corrected chi connectivity index (χ0v) is 11.9. The molecule has 3 atom stereocenters. The molecule has 1 fully saturated rings. The Morgan fingerprint density at radius 2 is 1.72 bits per heavy atom. The van der Waals surface area contributed by atoms with E-state index in [0.717, 1.165) is 0 Å². The minimum atomic E-state index is -1.20. The van der Waals surface area contributed by atoms with E-state index < -0.39 is 23.1 Å². The number of methoxy groups -OCH3 is 3. The average Bonchev–Trinajstić information content (AvgIpc) is 2.41. The molecule has 0 spiro atoms. The maximum Gasteiger partial charge on any atom is 0.340 e. The van der Waals surface area contributed by atoms with Crippen LogP contribution in [0.25, 0.3) is 0 Å². The molecule has 1 heterocycles. The minimum absolute atomic E-state index is 0.0550. The van der Waals surface area contributed by atoms with Crippen LogP contribution < -0.4 is 0 Å². The number of carbonyl (C=O) groups is 1. The van der Waals surface area contributed by atoms with Crippen molar-refractivity contribution in [3.8, 4) is 0 Å². The predicted octanol–water partition coefficient (Wildman–Crippen LogP) is 1.08. The molecule has 0 amide bonds. The number of carbonyl (C=O) groups excluding carboxylic acids is 1. The smallest absolute Gasteiger partial charge is 0.340 e. The van der Waals surface area contributed by atoms with Gasteiger partial charge < -0.3 is 23.7 Å². The number of hydrogen-bond acceptors (Lipinski definition) is 6. The van der Waals surface area contributed by atoms with Crippen molar-refractivity contribution in [2.24, 2.45) is 0 Å². The molecule has 0 unspecified atom stereocenters. The van der Waals surface area contributed by atoms with Gasteiger partial charge in [-0.3, -0.25) is 0 Å². The van der Waals surface area contributed by atoms with Gasteiger partial charge in [0.05, 0.1) is 13.7 Å². The molecule has 106 valence electrons. The molecule has 1 aliphatic rings. The zero-order chi connectivity index (χ0) is 14.0. The highest BCUT2D eigenvalue weighted by atomic mass is 16.8. The van der Waals surface area contributed by atoms with Crippen LogP contribution in [-0.2, 0) is 28.5 Å².